The predicted octanol–water partition coefficient (Wildman–Crippen LogP) is -3.19. The van der Waals surface area contributed by atoms with Gasteiger partial charge in [-0.1, -0.05) is 89.1 Å². The van der Waals surface area contributed by atoms with Crippen LogP contribution in [0.4, 0.5) is 0 Å². The van der Waals surface area contributed by atoms with Crippen LogP contribution in [-0.4, -0.2) is 156 Å². The Morgan fingerprint density at radius 1 is 0.904 bits per heavy atom. The first-order chi connectivity index (χ1) is 33.9. The maximum atomic E-state index is 15.0. The van der Waals surface area contributed by atoms with E-state index in [1.807, 2.05) is 0 Å². The fraction of sp³-hybridized carbons (Fsp3) is 0.542. The van der Waals surface area contributed by atoms with Gasteiger partial charge in [-0.3, -0.25) is 37.7 Å². The van der Waals surface area contributed by atoms with Gasteiger partial charge in [0.25, 0.3) is 17.7 Å². The molecule has 0 aliphatic carbocycles. The summed E-state index contributed by atoms with van der Waals surface area (Å²) in [7, 11) is -2.88. The minimum atomic E-state index is -5.25. The zero-order valence-electron chi connectivity index (χ0n) is 42.5. The van der Waals surface area contributed by atoms with Crippen molar-refractivity contribution in [1.82, 2.24) is 36.4 Å². The van der Waals surface area contributed by atoms with E-state index < -0.39 is 137 Å². The molecule has 11 atom stereocenters. The molecule has 2 bridgehead atoms. The molecule has 4 rings (SSSR count). The SMILES string of the molecule is C/C=C1\NC(=O)[C@H](NC(=O)[C@@H](NC(=O)[C@@H](COS(=O)(=O)[O-])OC)[C@@H](C)CC)[C@@H](C)OC(=O)[C@H]([C@H](C)CC)NC(=O)[C@H](Cc2ccc(O)cc2)N(C)C(=O)[C@H](Cc2ccccc2)N2C(=O)[C@H](CC[C@H]2O)NC1=O.[Na+]. The van der Waals surface area contributed by atoms with Crippen molar-refractivity contribution >= 4 is 57.7 Å². The average molecular weight is 1050 g/mol. The first kappa shape index (κ1) is 61.8. The molecule has 0 radical (unpaired) electrons. The van der Waals surface area contributed by atoms with Crippen molar-refractivity contribution in [3.05, 3.63) is 77.5 Å². The minimum absolute atomic E-state index is 0. The number of nitrogens with zero attached hydrogens (tertiary/aromatic N) is 2. The topological polar surface area (TPSA) is 329 Å². The quantitative estimate of drug-likeness (QED) is 0.0286. The van der Waals surface area contributed by atoms with Crippen molar-refractivity contribution in [2.24, 2.45) is 11.8 Å². The average Bonchev–Trinajstić information content (AvgIpc) is 3.34. The number of benzene rings is 2. The Morgan fingerprint density at radius 3 is 2.10 bits per heavy atom. The third-order valence-corrected chi connectivity index (χ3v) is 13.3. The Labute approximate surface area is 447 Å². The van der Waals surface area contributed by atoms with Crippen LogP contribution in [0.3, 0.4) is 0 Å². The number of ether oxygens (including phenoxy) is 2. The molecule has 0 aromatic heterocycles. The van der Waals surface area contributed by atoms with Gasteiger partial charge in [0.05, 0.1) is 0 Å². The van der Waals surface area contributed by atoms with Gasteiger partial charge in [0.2, 0.25) is 34.0 Å². The number of carbonyl (C=O) groups is 8. The molecule has 0 saturated carbocycles. The van der Waals surface area contributed by atoms with E-state index >= 15 is 4.79 Å². The molecule has 2 aliphatic rings. The molecule has 25 heteroatoms. The van der Waals surface area contributed by atoms with E-state index in [1.165, 1.54) is 51.2 Å². The van der Waals surface area contributed by atoms with Crippen molar-refractivity contribution < 1.29 is 105 Å². The van der Waals surface area contributed by atoms with Gasteiger partial charge in [0, 0.05) is 27.0 Å². The number of phenols is 1. The summed E-state index contributed by atoms with van der Waals surface area (Å²) in [5.41, 5.74) is 0.641. The third-order valence-electron chi connectivity index (χ3n) is 12.9. The van der Waals surface area contributed by atoms with Gasteiger partial charge in [0.15, 0.2) is 6.10 Å². The molecule has 2 fully saturated rings. The zero-order valence-corrected chi connectivity index (χ0v) is 45.3. The Kier molecular flexibility index (Phi) is 23.9. The van der Waals surface area contributed by atoms with Crippen LogP contribution in [-0.2, 0) is 75.3 Å². The normalized spacial score (nSPS) is 25.0. The number of aromatic hydroxyl groups is 1. The number of phenolic OH excluding ortho intramolecular Hbond substituents is 1. The number of rotatable bonds is 16. The largest absolute Gasteiger partial charge is 1.00 e. The maximum Gasteiger partial charge on any atom is 1.00 e. The summed E-state index contributed by atoms with van der Waals surface area (Å²) in [5, 5.41) is 34.2. The number of piperidine rings is 1. The molecule has 73 heavy (non-hydrogen) atoms. The third kappa shape index (κ3) is 17.0. The fourth-order valence-corrected chi connectivity index (χ4v) is 8.41. The van der Waals surface area contributed by atoms with Crippen LogP contribution in [0.15, 0.2) is 66.4 Å². The molecule has 0 unspecified atom stereocenters. The van der Waals surface area contributed by atoms with E-state index in [0.717, 1.165) is 16.9 Å². The maximum absolute atomic E-state index is 15.0. The Balaban J connectivity index is 0.0000141. The van der Waals surface area contributed by atoms with E-state index in [9.17, 15) is 56.7 Å². The number of esters is 1. The first-order valence-corrected chi connectivity index (χ1v) is 24.9. The smallest absolute Gasteiger partial charge is 0.726 e. The van der Waals surface area contributed by atoms with E-state index in [4.69, 9.17) is 9.47 Å². The zero-order chi connectivity index (χ0) is 53.6. The molecule has 2 saturated heterocycles. The molecule has 7 N–H and O–H groups in total. The molecule has 7 amide bonds. The van der Waals surface area contributed by atoms with E-state index in [1.54, 1.807) is 58.0 Å². The summed E-state index contributed by atoms with van der Waals surface area (Å²) in [4.78, 5) is 117. The van der Waals surface area contributed by atoms with Crippen LogP contribution >= 0.6 is 0 Å². The number of likely N-dealkylation sites (N-methyl/N-ethyl adjacent to an activating group) is 1. The molecular formula is C48H66N7NaO16S. The van der Waals surface area contributed by atoms with Crippen LogP contribution in [0.1, 0.15) is 78.4 Å². The Morgan fingerprint density at radius 2 is 1.52 bits per heavy atom. The van der Waals surface area contributed by atoms with Gasteiger partial charge in [-0.25, -0.2) is 13.2 Å². The number of fused-ring (bicyclic) bond motifs is 2. The molecule has 23 nitrogen and oxygen atoms in total. The summed E-state index contributed by atoms with van der Waals surface area (Å²) in [6, 6.07) is 5.42. The Bertz CT molecular complexity index is 2410. The van der Waals surface area contributed by atoms with Gasteiger partial charge in [0.1, 0.15) is 66.6 Å². The van der Waals surface area contributed by atoms with Crippen molar-refractivity contribution in [3.63, 3.8) is 0 Å². The summed E-state index contributed by atoms with van der Waals surface area (Å²) < 4.78 is 48.5. The number of carbonyl (C=O) groups excluding carboxylic acids is 8. The first-order valence-electron chi connectivity index (χ1n) is 23.6. The predicted molar refractivity (Wildman–Crippen MR) is 255 cm³/mol. The van der Waals surface area contributed by atoms with Crippen molar-refractivity contribution in [3.8, 4) is 5.75 Å². The molecule has 2 heterocycles. The fourth-order valence-electron chi connectivity index (χ4n) is 8.12. The second kappa shape index (κ2) is 28.3. The number of nitrogens with one attached hydrogen (secondary N) is 5. The van der Waals surface area contributed by atoms with E-state index in [2.05, 4.69) is 30.8 Å². The summed E-state index contributed by atoms with van der Waals surface area (Å²) >= 11 is 0. The summed E-state index contributed by atoms with van der Waals surface area (Å²) in [6.45, 7) is 8.22. The van der Waals surface area contributed by atoms with Crippen molar-refractivity contribution in [1.29, 1.82) is 0 Å². The van der Waals surface area contributed by atoms with Crippen LogP contribution in [0.5, 0.6) is 5.75 Å². The molecule has 2 aliphatic heterocycles. The van der Waals surface area contributed by atoms with Gasteiger partial charge in [-0.2, -0.15) is 0 Å². The monoisotopic (exact) mass is 1050 g/mol. The van der Waals surface area contributed by atoms with Gasteiger partial charge in [-0.15, -0.1) is 0 Å². The second-order valence-electron chi connectivity index (χ2n) is 17.9. The number of methoxy groups -OCH3 is 1. The number of amides is 7. The van der Waals surface area contributed by atoms with Crippen molar-refractivity contribution in [2.45, 2.75) is 135 Å². The van der Waals surface area contributed by atoms with E-state index in [0.29, 0.717) is 11.1 Å². The molecule has 396 valence electrons. The number of hydrogen-bond donors (Lipinski definition) is 7. The van der Waals surface area contributed by atoms with E-state index in [-0.39, 0.29) is 73.8 Å². The number of aliphatic hydroxyl groups excluding tert-OH is 1. The second-order valence-corrected chi connectivity index (χ2v) is 18.9. The van der Waals surface area contributed by atoms with Crippen LogP contribution in [0, 0.1) is 11.8 Å². The molecule has 2 aromatic rings. The standard InChI is InChI=1S/C48H67N7O16S.Na/c1-9-26(4)38(51-43(60)36(69-8)25-70-72(66,67)68)44(61)53-40-28(6)71-48(65)39(27(5)10-2)52-42(59)34(23-30-17-19-31(56)20-18-30)54(7)47(64)35(24-29-15-13-12-14-16-29)55-37(57)22-21-33(46(55)63)50-41(58)32(11-3)49-45(40)62;/h11-20,26-28,33-40,56-57H,9-10,21-25H2,1-8H3,(H,49,62)(H,50,58)(H,51,60)(H,52,59)(H,53,61)(H,66,67,68);/q;+1/p-1/b32-11-;/t26-,27+,28+,33-,34-,35-,36+,37+,38-,39-,40+;/m0./s1. The number of aliphatic hydroxyl groups is 1. The molecule has 0 spiro atoms. The summed E-state index contributed by atoms with van der Waals surface area (Å²) in [6.07, 6.45) is -3.63. The Hall–Kier alpha value is -5.47. The van der Waals surface area contributed by atoms with Crippen LogP contribution in [0.25, 0.3) is 0 Å². The molecule has 2 aromatic carbocycles. The summed E-state index contributed by atoms with van der Waals surface area (Å²) in [5.74, 6) is -9.19. The molecular weight excluding hydrogens is 986 g/mol. The van der Waals surface area contributed by atoms with Crippen LogP contribution in [0.2, 0.25) is 0 Å². The number of hydrogen-bond acceptors (Lipinski definition) is 16. The van der Waals surface area contributed by atoms with Crippen molar-refractivity contribution in [2.75, 3.05) is 20.8 Å². The minimum Gasteiger partial charge on any atom is -0.726 e. The van der Waals surface area contributed by atoms with Gasteiger partial charge in [-0.05, 0) is 61.8 Å². The van der Waals surface area contributed by atoms with Crippen LogP contribution < -0.4 is 56.1 Å². The number of cyclic esters (lactones) is 1. The van der Waals surface area contributed by atoms with Gasteiger partial charge < -0.3 is 60.6 Å². The number of allylic oxidation sites excluding steroid dienone is 1. The van der Waals surface area contributed by atoms with Gasteiger partial charge >= 0.3 is 35.5 Å².